The van der Waals surface area contributed by atoms with Gasteiger partial charge in [-0.05, 0) is 25.0 Å². The van der Waals surface area contributed by atoms with Crippen molar-refractivity contribution in [2.24, 2.45) is 11.7 Å². The Morgan fingerprint density at radius 1 is 1.11 bits per heavy atom. The lowest BCUT2D eigenvalue weighted by molar-refractivity contribution is -0.117. The number of nitrogens with two attached hydrogens (primary N) is 1. The highest BCUT2D eigenvalue weighted by atomic mass is 31.2. The van der Waals surface area contributed by atoms with Crippen LogP contribution in [0.3, 0.4) is 0 Å². The van der Waals surface area contributed by atoms with Gasteiger partial charge in [0, 0.05) is 42.0 Å². The van der Waals surface area contributed by atoms with Crippen LogP contribution in [0.25, 0.3) is 11.4 Å². The number of aromatic nitrogens is 4. The van der Waals surface area contributed by atoms with Gasteiger partial charge in [0.05, 0.1) is 24.0 Å². The van der Waals surface area contributed by atoms with Gasteiger partial charge >= 0.3 is 0 Å². The molecule has 1 saturated carbocycles. The summed E-state index contributed by atoms with van der Waals surface area (Å²) in [6, 6.07) is 6.80. The molecule has 0 bridgehead atoms. The summed E-state index contributed by atoms with van der Waals surface area (Å²) >= 11 is 0. The van der Waals surface area contributed by atoms with Crippen molar-refractivity contribution in [1.29, 1.82) is 0 Å². The van der Waals surface area contributed by atoms with Crippen LogP contribution in [-0.4, -0.2) is 51.4 Å². The zero-order chi connectivity index (χ0) is 25.9. The highest BCUT2D eigenvalue weighted by molar-refractivity contribution is 7.71. The minimum atomic E-state index is -2.51. The molecule has 11 nitrogen and oxygen atoms in total. The van der Waals surface area contributed by atoms with Crippen LogP contribution in [0.2, 0.25) is 0 Å². The lowest BCUT2D eigenvalue weighted by atomic mass is 10.1. The van der Waals surface area contributed by atoms with Crippen LogP contribution in [0.5, 0.6) is 5.75 Å². The molecule has 0 unspecified atom stereocenters. The molecule has 0 spiro atoms. The van der Waals surface area contributed by atoms with Gasteiger partial charge in [0.25, 0.3) is 5.91 Å². The average Bonchev–Trinajstić information content (AvgIpc) is 3.74. The van der Waals surface area contributed by atoms with E-state index >= 15 is 0 Å². The second-order valence-corrected chi connectivity index (χ2v) is 12.0. The number of carbonyl (C=O) groups is 2. The molecule has 1 aliphatic carbocycles. The van der Waals surface area contributed by atoms with E-state index < -0.39 is 13.0 Å². The maximum Gasteiger partial charge on any atom is 0.271 e. The van der Waals surface area contributed by atoms with Crippen molar-refractivity contribution in [1.82, 2.24) is 20.2 Å². The molecule has 2 amide bonds. The predicted molar refractivity (Wildman–Crippen MR) is 138 cm³/mol. The predicted octanol–water partition coefficient (Wildman–Crippen LogP) is 3.16. The van der Waals surface area contributed by atoms with Gasteiger partial charge in [-0.3, -0.25) is 9.59 Å². The van der Waals surface area contributed by atoms with E-state index in [0.717, 1.165) is 12.8 Å². The molecule has 0 aliphatic heterocycles. The van der Waals surface area contributed by atoms with E-state index in [9.17, 15) is 14.2 Å². The third-order valence-electron chi connectivity index (χ3n) is 6.09. The average molecular weight is 510 g/mol. The molecule has 1 aromatic carbocycles. The molecule has 3 aromatic rings. The molecule has 12 heteroatoms. The quantitative estimate of drug-likeness (QED) is 0.348. The van der Waals surface area contributed by atoms with Crippen molar-refractivity contribution in [2.45, 2.75) is 26.7 Å². The van der Waals surface area contributed by atoms with Crippen molar-refractivity contribution >= 4 is 41.5 Å². The van der Waals surface area contributed by atoms with Crippen molar-refractivity contribution in [2.75, 3.05) is 30.1 Å². The van der Waals surface area contributed by atoms with Crippen LogP contribution in [-0.2, 0) is 9.36 Å². The molecule has 188 valence electrons. The zero-order valence-corrected chi connectivity index (χ0v) is 21.2. The molecule has 0 atom stereocenters. The number of rotatable bonds is 10. The SMILES string of the molecule is CCP(=O)(CC)c1cnc(-c2cccc(Nc3cc(NC(=O)C4CC4)nnc3C(N)=O)c2OC)nc1. The number of methoxy groups -OCH3 is 1. The van der Waals surface area contributed by atoms with E-state index in [2.05, 4.69) is 30.8 Å². The molecule has 4 rings (SSSR count). The van der Waals surface area contributed by atoms with Crippen LogP contribution >= 0.6 is 7.14 Å². The lowest BCUT2D eigenvalue weighted by Crippen LogP contribution is -2.19. The molecular formula is C24H28N7O4P. The van der Waals surface area contributed by atoms with Gasteiger partial charge in [0.2, 0.25) is 5.91 Å². The number of carbonyl (C=O) groups excluding carboxylic acids is 2. The van der Waals surface area contributed by atoms with E-state index in [1.54, 1.807) is 30.6 Å². The number of hydrogen-bond donors (Lipinski definition) is 3. The number of para-hydroxylation sites is 1. The maximum absolute atomic E-state index is 13.0. The van der Waals surface area contributed by atoms with Gasteiger partial charge in [0.1, 0.15) is 7.14 Å². The summed E-state index contributed by atoms with van der Waals surface area (Å²) in [7, 11) is -1.00. The Kier molecular flexibility index (Phi) is 7.30. The number of benzene rings is 1. The highest BCUT2D eigenvalue weighted by Gasteiger charge is 2.30. The third kappa shape index (κ3) is 5.21. The summed E-state index contributed by atoms with van der Waals surface area (Å²) in [5.41, 5.74) is 6.73. The molecule has 0 saturated heterocycles. The minimum Gasteiger partial charge on any atom is -0.494 e. The fourth-order valence-electron chi connectivity index (χ4n) is 3.74. The summed E-state index contributed by atoms with van der Waals surface area (Å²) in [6.07, 6.45) is 5.96. The number of anilines is 3. The second-order valence-electron chi connectivity index (χ2n) is 8.42. The third-order valence-corrected chi connectivity index (χ3v) is 9.30. The first kappa shape index (κ1) is 25.2. The van der Waals surface area contributed by atoms with Crippen molar-refractivity contribution in [3.05, 3.63) is 42.4 Å². The smallest absolute Gasteiger partial charge is 0.271 e. The minimum absolute atomic E-state index is 0.0225. The Balaban J connectivity index is 1.68. The highest BCUT2D eigenvalue weighted by Crippen LogP contribution is 2.43. The maximum atomic E-state index is 13.0. The molecule has 4 N–H and O–H groups in total. The van der Waals surface area contributed by atoms with Gasteiger partial charge in [-0.2, -0.15) is 0 Å². The molecular weight excluding hydrogens is 481 g/mol. The van der Waals surface area contributed by atoms with Crippen LogP contribution in [0.1, 0.15) is 37.2 Å². The van der Waals surface area contributed by atoms with E-state index in [1.165, 1.54) is 13.2 Å². The Morgan fingerprint density at radius 2 is 1.81 bits per heavy atom. The van der Waals surface area contributed by atoms with Crippen LogP contribution in [0.15, 0.2) is 36.7 Å². The summed E-state index contributed by atoms with van der Waals surface area (Å²) in [4.78, 5) is 33.0. The molecule has 0 radical (unpaired) electrons. The first-order valence-corrected chi connectivity index (χ1v) is 13.7. The van der Waals surface area contributed by atoms with E-state index in [0.29, 0.717) is 40.5 Å². The zero-order valence-electron chi connectivity index (χ0n) is 20.3. The largest absolute Gasteiger partial charge is 0.494 e. The standard InChI is InChI=1S/C24H28N7O4P/c1-4-36(34,5-2)15-12-26-23(27-13-15)16-7-6-8-17(21(16)35-3)28-18-11-19(29-24(33)14-9-10-14)30-31-20(18)22(25)32/h6-8,11-14H,4-5,9-10H2,1-3H3,(H2,25,32)(H2,28,29,30,33). The van der Waals surface area contributed by atoms with Crippen molar-refractivity contribution in [3.63, 3.8) is 0 Å². The topological polar surface area (TPSA) is 162 Å². The summed E-state index contributed by atoms with van der Waals surface area (Å²) in [5, 5.41) is 14.3. The van der Waals surface area contributed by atoms with Crippen LogP contribution in [0.4, 0.5) is 17.2 Å². The Hall–Kier alpha value is -3.85. The number of ether oxygens (including phenoxy) is 1. The fraction of sp³-hybridized carbons (Fsp3) is 0.333. The molecule has 1 fully saturated rings. The number of nitrogens with one attached hydrogen (secondary N) is 2. The molecule has 1 aliphatic rings. The van der Waals surface area contributed by atoms with Crippen LogP contribution in [0, 0.1) is 5.92 Å². The number of nitrogens with zero attached hydrogens (tertiary/aromatic N) is 4. The Bertz CT molecular complexity index is 1330. The fourth-order valence-corrected chi connectivity index (χ4v) is 5.45. The van der Waals surface area contributed by atoms with Crippen molar-refractivity contribution < 1.29 is 18.9 Å². The second kappa shape index (κ2) is 10.4. The van der Waals surface area contributed by atoms with Crippen LogP contribution < -0.4 is 26.4 Å². The Labute approximate surface area is 208 Å². The Morgan fingerprint density at radius 3 is 2.39 bits per heavy atom. The van der Waals surface area contributed by atoms with Gasteiger partial charge in [-0.1, -0.05) is 19.9 Å². The summed E-state index contributed by atoms with van der Waals surface area (Å²) < 4.78 is 18.7. The van der Waals surface area contributed by atoms with Gasteiger partial charge in [0.15, 0.2) is 23.1 Å². The summed E-state index contributed by atoms with van der Waals surface area (Å²) in [5.74, 6) is 0.0531. The normalized spacial score (nSPS) is 13.2. The summed E-state index contributed by atoms with van der Waals surface area (Å²) in [6.45, 7) is 3.79. The first-order chi connectivity index (χ1) is 17.3. The van der Waals surface area contributed by atoms with Crippen molar-refractivity contribution in [3.8, 4) is 17.1 Å². The molecule has 2 heterocycles. The first-order valence-electron chi connectivity index (χ1n) is 11.6. The number of primary amides is 1. The van der Waals surface area contributed by atoms with E-state index in [4.69, 9.17) is 10.5 Å². The lowest BCUT2D eigenvalue weighted by Gasteiger charge is -2.17. The van der Waals surface area contributed by atoms with Gasteiger partial charge in [-0.15, -0.1) is 10.2 Å². The molecule has 2 aromatic heterocycles. The number of amides is 2. The van der Waals surface area contributed by atoms with Gasteiger partial charge in [-0.25, -0.2) is 9.97 Å². The number of hydrogen-bond acceptors (Lipinski definition) is 9. The van der Waals surface area contributed by atoms with E-state index in [1.807, 2.05) is 13.8 Å². The molecule has 36 heavy (non-hydrogen) atoms. The van der Waals surface area contributed by atoms with E-state index in [-0.39, 0.29) is 29.0 Å². The van der Waals surface area contributed by atoms with Gasteiger partial charge < -0.3 is 25.7 Å². The monoisotopic (exact) mass is 509 g/mol.